The van der Waals surface area contributed by atoms with Crippen molar-refractivity contribution in [1.82, 2.24) is 9.80 Å². The zero-order valence-corrected chi connectivity index (χ0v) is 12.9. The van der Waals surface area contributed by atoms with E-state index in [2.05, 4.69) is 42.0 Å². The molecule has 0 saturated carbocycles. The zero-order valence-electron chi connectivity index (χ0n) is 12.9. The summed E-state index contributed by atoms with van der Waals surface area (Å²) in [6, 6.07) is 15.0. The second kappa shape index (κ2) is 6.14. The molecule has 2 aromatic rings. The predicted molar refractivity (Wildman–Crippen MR) is 87.4 cm³/mol. The lowest BCUT2D eigenvalue weighted by Gasteiger charge is -2.39. The van der Waals surface area contributed by atoms with Crippen molar-refractivity contribution in [3.8, 4) is 0 Å². The number of hydrogen-bond donors (Lipinski definition) is 1. The summed E-state index contributed by atoms with van der Waals surface area (Å²) in [6.07, 6.45) is -0.429. The first kappa shape index (κ1) is 14.5. The second-order valence-electron chi connectivity index (χ2n) is 6.19. The first-order valence-electron chi connectivity index (χ1n) is 7.73. The quantitative estimate of drug-likeness (QED) is 0.938. The molecule has 3 rings (SSSR count). The fourth-order valence-electron chi connectivity index (χ4n) is 3.31. The van der Waals surface area contributed by atoms with Gasteiger partial charge in [-0.25, -0.2) is 0 Å². The van der Waals surface area contributed by atoms with E-state index in [4.69, 9.17) is 0 Å². The number of benzene rings is 2. The number of hydrogen-bond acceptors (Lipinski definition) is 3. The van der Waals surface area contributed by atoms with Gasteiger partial charge in [-0.3, -0.25) is 4.90 Å². The van der Waals surface area contributed by atoms with E-state index in [1.807, 2.05) is 24.3 Å². The minimum absolute atomic E-state index is 0.429. The molecule has 1 N–H and O–H groups in total. The maximum Gasteiger partial charge on any atom is 0.0923 e. The molecule has 2 atom stereocenters. The Kier molecular flexibility index (Phi) is 4.24. The minimum Gasteiger partial charge on any atom is -0.387 e. The molecule has 1 saturated heterocycles. The summed E-state index contributed by atoms with van der Waals surface area (Å²) in [5.41, 5.74) is 1.04. The molecule has 1 aliphatic rings. The number of nitrogens with zero attached hydrogens (tertiary/aromatic N) is 2. The lowest BCUT2D eigenvalue weighted by molar-refractivity contribution is 0.0479. The van der Waals surface area contributed by atoms with Gasteiger partial charge in [-0.1, -0.05) is 42.5 Å². The van der Waals surface area contributed by atoms with Gasteiger partial charge in [-0.15, -0.1) is 0 Å². The number of rotatable bonds is 3. The number of likely N-dealkylation sites (N-methyl/N-ethyl adjacent to an activating group) is 1. The van der Waals surface area contributed by atoms with Crippen molar-refractivity contribution in [2.75, 3.05) is 33.2 Å². The van der Waals surface area contributed by atoms with Crippen LogP contribution in [0, 0.1) is 0 Å². The van der Waals surface area contributed by atoms with Crippen LogP contribution in [0.3, 0.4) is 0 Å². The molecule has 0 amide bonds. The Morgan fingerprint density at radius 2 is 1.90 bits per heavy atom. The van der Waals surface area contributed by atoms with E-state index in [9.17, 15) is 5.11 Å². The van der Waals surface area contributed by atoms with E-state index < -0.39 is 6.10 Å². The molecule has 2 unspecified atom stereocenters. The Bertz CT molecular complexity index is 608. The standard InChI is InChI=1S/C18H24N2O/c1-14-12-19(2)10-11-20(14)13-18(21)17-9-5-7-15-6-3-4-8-16(15)17/h3-9,14,18,21H,10-13H2,1-2H3. The summed E-state index contributed by atoms with van der Waals surface area (Å²) >= 11 is 0. The molecule has 1 fully saturated rings. The Labute approximate surface area is 126 Å². The summed E-state index contributed by atoms with van der Waals surface area (Å²) in [5, 5.41) is 13.1. The van der Waals surface area contributed by atoms with Crippen LogP contribution < -0.4 is 0 Å². The third-order valence-electron chi connectivity index (χ3n) is 4.56. The van der Waals surface area contributed by atoms with Crippen molar-refractivity contribution in [3.63, 3.8) is 0 Å². The number of β-amino-alcohol motifs (C(OH)–C–C–N with tert-alkyl or cyclic N) is 1. The van der Waals surface area contributed by atoms with Crippen molar-refractivity contribution in [3.05, 3.63) is 48.0 Å². The number of aliphatic hydroxyl groups is 1. The summed E-state index contributed by atoms with van der Waals surface area (Å²) in [4.78, 5) is 4.75. The first-order valence-corrected chi connectivity index (χ1v) is 7.73. The fourth-order valence-corrected chi connectivity index (χ4v) is 3.31. The molecule has 3 heteroatoms. The van der Waals surface area contributed by atoms with Crippen LogP contribution in [0.4, 0.5) is 0 Å². The van der Waals surface area contributed by atoms with Gasteiger partial charge in [0.25, 0.3) is 0 Å². The van der Waals surface area contributed by atoms with Crippen LogP contribution >= 0.6 is 0 Å². The molecule has 0 aliphatic carbocycles. The molecular weight excluding hydrogens is 260 g/mol. The van der Waals surface area contributed by atoms with Crippen LogP contribution in [-0.2, 0) is 0 Å². The Morgan fingerprint density at radius 1 is 1.14 bits per heavy atom. The highest BCUT2D eigenvalue weighted by atomic mass is 16.3. The molecule has 1 heterocycles. The van der Waals surface area contributed by atoms with E-state index in [0.29, 0.717) is 12.6 Å². The molecule has 0 spiro atoms. The highest BCUT2D eigenvalue weighted by Crippen LogP contribution is 2.25. The summed E-state index contributed by atoms with van der Waals surface area (Å²) in [7, 11) is 2.16. The number of aliphatic hydroxyl groups excluding tert-OH is 1. The van der Waals surface area contributed by atoms with Gasteiger partial charge in [-0.05, 0) is 30.3 Å². The number of fused-ring (bicyclic) bond motifs is 1. The Hall–Kier alpha value is -1.42. The normalized spacial score (nSPS) is 22.5. The van der Waals surface area contributed by atoms with Crippen LogP contribution in [0.5, 0.6) is 0 Å². The van der Waals surface area contributed by atoms with Crippen molar-refractivity contribution in [1.29, 1.82) is 0 Å². The maximum atomic E-state index is 10.7. The van der Waals surface area contributed by atoms with Crippen LogP contribution in [-0.4, -0.2) is 54.2 Å². The summed E-state index contributed by atoms with van der Waals surface area (Å²) < 4.78 is 0. The molecule has 112 valence electrons. The van der Waals surface area contributed by atoms with Gasteiger partial charge in [0, 0.05) is 32.2 Å². The van der Waals surface area contributed by atoms with E-state index in [1.54, 1.807) is 0 Å². The fraction of sp³-hybridized carbons (Fsp3) is 0.444. The van der Waals surface area contributed by atoms with Gasteiger partial charge in [0.15, 0.2) is 0 Å². The molecule has 3 nitrogen and oxygen atoms in total. The molecule has 21 heavy (non-hydrogen) atoms. The van der Waals surface area contributed by atoms with Crippen molar-refractivity contribution < 1.29 is 5.11 Å². The predicted octanol–water partition coefficient (Wildman–Crippen LogP) is 2.51. The first-order chi connectivity index (χ1) is 10.1. The van der Waals surface area contributed by atoms with Gasteiger partial charge >= 0.3 is 0 Å². The smallest absolute Gasteiger partial charge is 0.0923 e. The van der Waals surface area contributed by atoms with Crippen LogP contribution in [0.1, 0.15) is 18.6 Å². The lowest BCUT2D eigenvalue weighted by atomic mass is 9.99. The average Bonchev–Trinajstić information content (AvgIpc) is 2.49. The van der Waals surface area contributed by atoms with E-state index in [1.165, 1.54) is 5.39 Å². The summed E-state index contributed by atoms with van der Waals surface area (Å²) in [5.74, 6) is 0. The Balaban J connectivity index is 1.79. The highest BCUT2D eigenvalue weighted by Gasteiger charge is 2.24. The molecular formula is C18H24N2O. The number of piperazine rings is 1. The van der Waals surface area contributed by atoms with Gasteiger partial charge in [0.1, 0.15) is 0 Å². The zero-order chi connectivity index (χ0) is 14.8. The molecule has 0 radical (unpaired) electrons. The SMILES string of the molecule is CC1CN(C)CCN1CC(O)c1cccc2ccccc12. The maximum absolute atomic E-state index is 10.7. The highest BCUT2D eigenvalue weighted by molar-refractivity contribution is 5.85. The summed E-state index contributed by atoms with van der Waals surface area (Å²) in [6.45, 7) is 6.13. The van der Waals surface area contributed by atoms with Crippen molar-refractivity contribution in [2.45, 2.75) is 19.1 Å². The average molecular weight is 284 g/mol. The van der Waals surface area contributed by atoms with E-state index in [0.717, 1.165) is 30.6 Å². The molecule has 0 bridgehead atoms. The Morgan fingerprint density at radius 3 is 2.71 bits per heavy atom. The second-order valence-corrected chi connectivity index (χ2v) is 6.19. The molecule has 1 aliphatic heterocycles. The van der Waals surface area contributed by atoms with Gasteiger partial charge in [-0.2, -0.15) is 0 Å². The van der Waals surface area contributed by atoms with Gasteiger partial charge in [0.2, 0.25) is 0 Å². The van der Waals surface area contributed by atoms with Gasteiger partial charge < -0.3 is 10.0 Å². The lowest BCUT2D eigenvalue weighted by Crippen LogP contribution is -2.51. The van der Waals surface area contributed by atoms with E-state index >= 15 is 0 Å². The van der Waals surface area contributed by atoms with E-state index in [-0.39, 0.29) is 0 Å². The van der Waals surface area contributed by atoms with Crippen LogP contribution in [0.25, 0.3) is 10.8 Å². The van der Waals surface area contributed by atoms with Crippen LogP contribution in [0.2, 0.25) is 0 Å². The van der Waals surface area contributed by atoms with Crippen molar-refractivity contribution >= 4 is 10.8 Å². The van der Waals surface area contributed by atoms with Crippen LogP contribution in [0.15, 0.2) is 42.5 Å². The molecule has 0 aromatic heterocycles. The largest absolute Gasteiger partial charge is 0.387 e. The third-order valence-corrected chi connectivity index (χ3v) is 4.56. The minimum atomic E-state index is -0.429. The van der Waals surface area contributed by atoms with Gasteiger partial charge in [0.05, 0.1) is 6.10 Å². The third kappa shape index (κ3) is 3.10. The molecule has 2 aromatic carbocycles. The topological polar surface area (TPSA) is 26.7 Å². The van der Waals surface area contributed by atoms with Crippen molar-refractivity contribution in [2.24, 2.45) is 0 Å². The monoisotopic (exact) mass is 284 g/mol.